The van der Waals surface area contributed by atoms with Crippen LogP contribution in [0.2, 0.25) is 0 Å². The zero-order valence-corrected chi connectivity index (χ0v) is 27.6. The predicted molar refractivity (Wildman–Crippen MR) is 181 cm³/mol. The normalized spacial score (nSPS) is 15.0. The van der Waals surface area contributed by atoms with Crippen molar-refractivity contribution < 1.29 is 19.4 Å². The van der Waals surface area contributed by atoms with E-state index in [1.165, 1.54) is 55.7 Å². The van der Waals surface area contributed by atoms with E-state index >= 15 is 0 Å². The first-order chi connectivity index (χ1) is 21.9. The third-order valence-electron chi connectivity index (χ3n) is 7.59. The summed E-state index contributed by atoms with van der Waals surface area (Å²) in [7, 11) is 0. The number of aromatic nitrogens is 3. The van der Waals surface area contributed by atoms with Gasteiger partial charge in [-0.2, -0.15) is 0 Å². The molecule has 0 saturated heterocycles. The molecule has 8 nitrogen and oxygen atoms in total. The molecule has 0 bridgehead atoms. The molecule has 0 saturated carbocycles. The number of ether oxygens (including phenoxy) is 1. The minimum Gasteiger partial charge on any atom is -0.503 e. The van der Waals surface area contributed by atoms with Crippen LogP contribution in [0.25, 0.3) is 10.8 Å². The standard InChI is InChI=1S/C34H32N4O4S3/c1-4-5-8-17-42-25-15-10-13-23(18-25)28-27(29(39)31-20(2)35-21(3)44-31)30(40)32(41)38(28)33-36-37-34(45-33)43-19-24-14-9-12-22-11-6-7-16-26(22)24/h6-7,9-16,18,28,40H,4-5,8,17,19H2,1-3H3. The fourth-order valence-corrected chi connectivity index (χ4v) is 8.19. The summed E-state index contributed by atoms with van der Waals surface area (Å²) in [6.07, 6.45) is 3.07. The molecule has 1 atom stereocenters. The molecule has 45 heavy (non-hydrogen) atoms. The van der Waals surface area contributed by atoms with E-state index in [0.717, 1.165) is 24.3 Å². The van der Waals surface area contributed by atoms with Gasteiger partial charge < -0.3 is 9.84 Å². The van der Waals surface area contributed by atoms with Crippen LogP contribution < -0.4 is 9.64 Å². The van der Waals surface area contributed by atoms with Gasteiger partial charge in [-0.3, -0.25) is 14.5 Å². The molecule has 3 aromatic carbocycles. The molecule has 230 valence electrons. The first kappa shape index (κ1) is 30.9. The Bertz CT molecular complexity index is 1910. The highest BCUT2D eigenvalue weighted by atomic mass is 32.2. The fraction of sp³-hybridized carbons (Fsp3) is 0.265. The third kappa shape index (κ3) is 6.38. The number of nitrogens with zero attached hydrogens (tertiary/aromatic N) is 4. The summed E-state index contributed by atoms with van der Waals surface area (Å²) in [4.78, 5) is 33.9. The van der Waals surface area contributed by atoms with Crippen molar-refractivity contribution in [1.29, 1.82) is 0 Å². The number of aryl methyl sites for hydroxylation is 2. The average Bonchev–Trinajstić information content (AvgIpc) is 3.73. The van der Waals surface area contributed by atoms with E-state index in [4.69, 9.17) is 4.74 Å². The molecule has 11 heteroatoms. The van der Waals surface area contributed by atoms with Crippen LogP contribution in [0.3, 0.4) is 0 Å². The largest absolute Gasteiger partial charge is 0.503 e. The molecule has 2 aromatic heterocycles. The minimum absolute atomic E-state index is 0.00459. The lowest BCUT2D eigenvalue weighted by Gasteiger charge is -2.24. The number of rotatable bonds is 12. The van der Waals surface area contributed by atoms with E-state index < -0.39 is 23.5 Å². The van der Waals surface area contributed by atoms with Crippen molar-refractivity contribution in [3.8, 4) is 5.75 Å². The van der Waals surface area contributed by atoms with Crippen LogP contribution in [0.15, 0.2) is 82.4 Å². The van der Waals surface area contributed by atoms with Gasteiger partial charge in [0.1, 0.15) is 5.75 Å². The number of aliphatic hydroxyl groups is 1. The van der Waals surface area contributed by atoms with E-state index in [1.54, 1.807) is 6.92 Å². The number of thiazole rings is 1. The SMILES string of the molecule is CCCCCOc1cccc(C2C(C(=O)c3sc(C)nc3C)=C(O)C(=O)N2c2nnc(SCc3cccc4ccccc34)s2)c1. The summed E-state index contributed by atoms with van der Waals surface area (Å²) in [5.74, 6) is -0.423. The van der Waals surface area contributed by atoms with Crippen molar-refractivity contribution >= 4 is 62.0 Å². The van der Waals surface area contributed by atoms with Gasteiger partial charge in [0.2, 0.25) is 10.9 Å². The number of anilines is 1. The molecule has 0 radical (unpaired) electrons. The first-order valence-electron chi connectivity index (χ1n) is 14.8. The van der Waals surface area contributed by atoms with Crippen molar-refractivity contribution in [2.45, 2.75) is 56.2 Å². The van der Waals surface area contributed by atoms with Gasteiger partial charge in [-0.1, -0.05) is 97.5 Å². The molecular formula is C34H32N4O4S3. The minimum atomic E-state index is -0.921. The van der Waals surface area contributed by atoms with E-state index in [2.05, 4.69) is 46.4 Å². The number of thioether (sulfide) groups is 1. The third-order valence-corrected chi connectivity index (χ3v) is 10.8. The Kier molecular flexibility index (Phi) is 9.29. The summed E-state index contributed by atoms with van der Waals surface area (Å²) in [5, 5.41) is 23.4. The van der Waals surface area contributed by atoms with Crippen molar-refractivity contribution in [2.75, 3.05) is 11.5 Å². The van der Waals surface area contributed by atoms with E-state index in [1.807, 2.05) is 49.4 Å². The second kappa shape index (κ2) is 13.5. The molecule has 5 aromatic rings. The number of aliphatic hydroxyl groups excluding tert-OH is 1. The highest BCUT2D eigenvalue weighted by Gasteiger charge is 2.47. The molecule has 0 fully saturated rings. The number of amides is 1. The summed E-state index contributed by atoms with van der Waals surface area (Å²) in [5.41, 5.74) is 2.35. The first-order valence-corrected chi connectivity index (χ1v) is 17.4. The molecule has 0 aliphatic carbocycles. The van der Waals surface area contributed by atoms with Crippen molar-refractivity contribution in [3.05, 3.63) is 105 Å². The monoisotopic (exact) mass is 656 g/mol. The molecule has 3 heterocycles. The number of hydrogen-bond donors (Lipinski definition) is 1. The highest BCUT2D eigenvalue weighted by Crippen LogP contribution is 2.45. The maximum atomic E-state index is 14.0. The van der Waals surface area contributed by atoms with E-state index in [9.17, 15) is 14.7 Å². The highest BCUT2D eigenvalue weighted by molar-refractivity contribution is 8.00. The lowest BCUT2D eigenvalue weighted by atomic mass is 9.95. The molecule has 1 unspecified atom stereocenters. The Balaban J connectivity index is 1.33. The van der Waals surface area contributed by atoms with Gasteiger partial charge in [0.05, 0.1) is 33.8 Å². The molecular weight excluding hydrogens is 625 g/mol. The summed E-state index contributed by atoms with van der Waals surface area (Å²) in [6.45, 7) is 6.28. The second-order valence-electron chi connectivity index (χ2n) is 10.7. The predicted octanol–water partition coefficient (Wildman–Crippen LogP) is 8.41. The van der Waals surface area contributed by atoms with Crippen LogP contribution in [0.4, 0.5) is 5.13 Å². The Morgan fingerprint density at radius 2 is 1.82 bits per heavy atom. The Labute approximate surface area is 273 Å². The van der Waals surface area contributed by atoms with Crippen LogP contribution >= 0.6 is 34.4 Å². The lowest BCUT2D eigenvalue weighted by molar-refractivity contribution is -0.117. The molecule has 1 aliphatic heterocycles. The number of fused-ring (bicyclic) bond motifs is 1. The van der Waals surface area contributed by atoms with Gasteiger partial charge in [0.25, 0.3) is 5.91 Å². The smallest absolute Gasteiger partial charge is 0.296 e. The molecule has 1 amide bonds. The topological polar surface area (TPSA) is 106 Å². The quantitative estimate of drug-likeness (QED) is 0.0618. The van der Waals surface area contributed by atoms with Crippen LogP contribution in [0.1, 0.15) is 63.7 Å². The lowest BCUT2D eigenvalue weighted by Crippen LogP contribution is -2.31. The van der Waals surface area contributed by atoms with Crippen LogP contribution in [-0.4, -0.2) is 38.6 Å². The Morgan fingerprint density at radius 1 is 1.02 bits per heavy atom. The Morgan fingerprint density at radius 3 is 2.62 bits per heavy atom. The number of hydrogen-bond acceptors (Lipinski definition) is 10. The van der Waals surface area contributed by atoms with Crippen LogP contribution in [0.5, 0.6) is 5.75 Å². The molecule has 1 N–H and O–H groups in total. The van der Waals surface area contributed by atoms with Crippen LogP contribution in [0, 0.1) is 13.8 Å². The van der Waals surface area contributed by atoms with Crippen LogP contribution in [-0.2, 0) is 10.5 Å². The molecule has 1 aliphatic rings. The van der Waals surface area contributed by atoms with Crippen molar-refractivity contribution in [2.24, 2.45) is 0 Å². The maximum absolute atomic E-state index is 14.0. The van der Waals surface area contributed by atoms with Gasteiger partial charge >= 0.3 is 0 Å². The number of ketones is 1. The van der Waals surface area contributed by atoms with Gasteiger partial charge in [-0.05, 0) is 54.3 Å². The number of carbonyl (C=O) groups is 2. The second-order valence-corrected chi connectivity index (χ2v) is 14.1. The number of benzene rings is 3. The fourth-order valence-electron chi connectivity index (χ4n) is 5.45. The van der Waals surface area contributed by atoms with Gasteiger partial charge in [-0.15, -0.1) is 21.5 Å². The number of carbonyl (C=O) groups excluding carboxylic acids is 2. The number of Topliss-reactive ketones (excluding diaryl/α,β-unsaturated/α-hetero) is 1. The van der Waals surface area contributed by atoms with E-state index in [0.29, 0.717) is 43.7 Å². The molecule has 0 spiro atoms. The van der Waals surface area contributed by atoms with Gasteiger partial charge in [0.15, 0.2) is 10.1 Å². The maximum Gasteiger partial charge on any atom is 0.296 e. The van der Waals surface area contributed by atoms with Crippen molar-refractivity contribution in [1.82, 2.24) is 15.2 Å². The average molecular weight is 657 g/mol. The zero-order valence-electron chi connectivity index (χ0n) is 25.1. The molecule has 6 rings (SSSR count). The zero-order chi connectivity index (χ0) is 31.5. The van der Waals surface area contributed by atoms with Crippen molar-refractivity contribution in [3.63, 3.8) is 0 Å². The van der Waals surface area contributed by atoms with E-state index in [-0.39, 0.29) is 5.57 Å². The summed E-state index contributed by atoms with van der Waals surface area (Å²) < 4.78 is 6.68. The number of unbranched alkanes of at least 4 members (excludes halogenated alkanes) is 2. The summed E-state index contributed by atoms with van der Waals surface area (Å²) in [6, 6.07) is 20.9. The Hall–Kier alpha value is -4.06. The van der Waals surface area contributed by atoms with Gasteiger partial charge in [0, 0.05) is 5.75 Å². The van der Waals surface area contributed by atoms with Gasteiger partial charge in [-0.25, -0.2) is 4.98 Å². The summed E-state index contributed by atoms with van der Waals surface area (Å²) >= 11 is 4.03.